The smallest absolute Gasteiger partial charge is 0.364 e. The number of aliphatic hydroxyl groups excluding tert-OH is 10. The van der Waals surface area contributed by atoms with Crippen molar-refractivity contribution in [3.8, 4) is 0 Å². The Morgan fingerprint density at radius 2 is 1.53 bits per heavy atom. The van der Waals surface area contributed by atoms with E-state index in [1.165, 1.54) is 50.5 Å². The van der Waals surface area contributed by atoms with Gasteiger partial charge >= 0.3 is 5.97 Å². The summed E-state index contributed by atoms with van der Waals surface area (Å²) in [6.07, 6.45) is -11.6. The Morgan fingerprint density at radius 1 is 0.843 bits per heavy atom. The summed E-state index contributed by atoms with van der Waals surface area (Å²) in [6.45, 7) is 10.5. The number of hydrogen-bond donors (Lipinski definition) is 12. The van der Waals surface area contributed by atoms with Crippen LogP contribution in [0.3, 0.4) is 0 Å². The molecular weight excluding hydrogens is 919 g/mol. The SMILES string of the molecule is CC(=O)N[C@H]1[C@H]([C@@H](O)C(O)CO)O[C@](OC[C@H]2O[C@@H](O[C@H]3[C@H](O)[C@@H](O)[C@H](O[C@H]4CC[C@@]5(C)C(=CC[C@H]6[C@@H]7CC[C@H]([C@H](C)CCCC(C)C)[C@@]7(C)CC[C@@H]65)C4)O[C@@H]3CO)[C@H](O)[C@@H](O)[C@H]2O)(C(=O)O)C[C@@H]1O. The number of aliphatic hydroxyl groups is 10. The Kier molecular flexibility index (Phi) is 17.9. The Balaban J connectivity index is 0.972. The number of hydrogen-bond acceptors (Lipinski definition) is 18. The summed E-state index contributed by atoms with van der Waals surface area (Å²) in [5.74, 6) is -1.22. The zero-order valence-corrected chi connectivity index (χ0v) is 41.6. The predicted molar refractivity (Wildman–Crippen MR) is 246 cm³/mol. The van der Waals surface area contributed by atoms with Crippen LogP contribution in [0.15, 0.2) is 11.6 Å². The molecule has 0 aromatic heterocycles. The maximum Gasteiger partial charge on any atom is 0.364 e. The molecule has 20 nitrogen and oxygen atoms in total. The molecule has 0 aromatic carbocycles. The quantitative estimate of drug-likeness (QED) is 0.0817. The minimum Gasteiger partial charge on any atom is -0.477 e. The number of aliphatic carboxylic acids is 1. The Labute approximate surface area is 410 Å². The highest BCUT2D eigenvalue weighted by Gasteiger charge is 2.61. The van der Waals surface area contributed by atoms with Gasteiger partial charge in [0, 0.05) is 13.3 Å². The Morgan fingerprint density at radius 3 is 2.19 bits per heavy atom. The lowest BCUT2D eigenvalue weighted by Crippen LogP contribution is -2.68. The molecule has 402 valence electrons. The number of carbonyl (C=O) groups excluding carboxylic acids is 1. The molecule has 3 saturated carbocycles. The van der Waals surface area contributed by atoms with Crippen molar-refractivity contribution in [3.05, 3.63) is 11.6 Å². The third kappa shape index (κ3) is 10.9. The van der Waals surface area contributed by atoms with Crippen LogP contribution in [-0.2, 0) is 38.0 Å². The van der Waals surface area contributed by atoms with Gasteiger partial charge in [0.15, 0.2) is 12.6 Å². The summed E-state index contributed by atoms with van der Waals surface area (Å²) in [6, 6.07) is -1.48. The number of carboxylic acid groups (broad SMARTS) is 1. The van der Waals surface area contributed by atoms with E-state index in [-0.39, 0.29) is 11.5 Å². The van der Waals surface area contributed by atoms with E-state index in [1.807, 2.05) is 0 Å². The van der Waals surface area contributed by atoms with Crippen LogP contribution in [0.25, 0.3) is 0 Å². The van der Waals surface area contributed by atoms with Crippen molar-refractivity contribution in [2.75, 3.05) is 19.8 Å². The van der Waals surface area contributed by atoms with Crippen LogP contribution in [-0.4, -0.2) is 192 Å². The molecule has 3 aliphatic heterocycles. The highest BCUT2D eigenvalue weighted by atomic mass is 16.8. The normalized spacial score (nSPS) is 46.5. The van der Waals surface area contributed by atoms with E-state index in [1.54, 1.807) is 0 Å². The summed E-state index contributed by atoms with van der Waals surface area (Å²) < 4.78 is 35.3. The average molecular weight is 1000 g/mol. The van der Waals surface area contributed by atoms with Gasteiger partial charge in [0.2, 0.25) is 5.91 Å². The van der Waals surface area contributed by atoms with E-state index in [0.29, 0.717) is 36.0 Å². The number of carbonyl (C=O) groups is 2. The molecule has 1 amide bonds. The van der Waals surface area contributed by atoms with Gasteiger partial charge in [0.05, 0.1) is 38.1 Å². The second-order valence-electron chi connectivity index (χ2n) is 22.8. The van der Waals surface area contributed by atoms with Gasteiger partial charge in [-0.3, -0.25) is 4.79 Å². The standard InChI is InChI=1S/C50H83NO19/c1-23(2)8-7-9-24(3)29-12-13-30-28-11-10-26-18-27(14-16-48(26,5)31(28)15-17-49(29,30)6)66-45-42(62)40(60)43(34(21-53)67-45)69-46-41(61)39(59)38(58)35(68-46)22-65-50(47(63)64)19-32(55)36(51-25(4)54)44(70-50)37(57)33(56)20-52/h10,23-24,27-46,52-53,55-62H,7-9,11-22H2,1-6H3,(H,51,54)(H,63,64)/t24-,27+,28+,29-,30+,31+,32+,33?,34-,35-,36-,37+,38+,39+,40-,41-,42-,43-,44-,45-,46+,48+,49-,50+/m1/s1. The van der Waals surface area contributed by atoms with E-state index in [2.05, 4.69) is 46.0 Å². The second kappa shape index (κ2) is 22.5. The minimum absolute atomic E-state index is 0.0234. The molecule has 0 spiro atoms. The molecule has 0 bridgehead atoms. The fourth-order valence-electron chi connectivity index (χ4n) is 14.1. The largest absolute Gasteiger partial charge is 0.477 e. The molecule has 20 heteroatoms. The van der Waals surface area contributed by atoms with Gasteiger partial charge in [0.1, 0.15) is 67.1 Å². The van der Waals surface area contributed by atoms with Crippen molar-refractivity contribution in [1.29, 1.82) is 0 Å². The highest BCUT2D eigenvalue weighted by Crippen LogP contribution is 2.67. The van der Waals surface area contributed by atoms with Gasteiger partial charge in [-0.25, -0.2) is 4.79 Å². The van der Waals surface area contributed by atoms with Crippen molar-refractivity contribution in [2.24, 2.45) is 46.3 Å². The summed E-state index contributed by atoms with van der Waals surface area (Å²) in [5.41, 5.74) is 1.74. The molecule has 0 radical (unpaired) electrons. The molecule has 4 aliphatic carbocycles. The van der Waals surface area contributed by atoms with E-state index >= 15 is 0 Å². The fourth-order valence-corrected chi connectivity index (χ4v) is 14.1. The molecule has 1 unspecified atom stereocenters. The van der Waals surface area contributed by atoms with E-state index in [4.69, 9.17) is 28.4 Å². The number of ether oxygens (including phenoxy) is 6. The van der Waals surface area contributed by atoms with Crippen LogP contribution in [0.5, 0.6) is 0 Å². The minimum atomic E-state index is -2.83. The Bertz CT molecular complexity index is 1810. The highest BCUT2D eigenvalue weighted by molar-refractivity contribution is 5.76. The number of nitrogens with one attached hydrogen (secondary N) is 1. The van der Waals surface area contributed by atoms with Gasteiger partial charge < -0.3 is 89.9 Å². The number of carboxylic acids is 1. The zero-order chi connectivity index (χ0) is 51.2. The molecule has 6 fully saturated rings. The lowest BCUT2D eigenvalue weighted by atomic mass is 9.47. The predicted octanol–water partition coefficient (Wildman–Crippen LogP) is 0.211. The van der Waals surface area contributed by atoms with Gasteiger partial charge in [-0.2, -0.15) is 0 Å². The molecule has 7 rings (SSSR count). The van der Waals surface area contributed by atoms with Gasteiger partial charge in [0.25, 0.3) is 5.79 Å². The number of allylic oxidation sites excluding steroid dienone is 1. The summed E-state index contributed by atoms with van der Waals surface area (Å²) in [5, 5.41) is 120. The van der Waals surface area contributed by atoms with Gasteiger partial charge in [-0.05, 0) is 97.7 Å². The molecular formula is C50H83NO19. The molecule has 7 aliphatic rings. The average Bonchev–Trinajstić information content (AvgIpc) is 3.68. The van der Waals surface area contributed by atoms with Crippen molar-refractivity contribution in [3.63, 3.8) is 0 Å². The first-order chi connectivity index (χ1) is 33.0. The lowest BCUT2D eigenvalue weighted by Gasteiger charge is -2.58. The number of rotatable bonds is 18. The van der Waals surface area contributed by atoms with Crippen molar-refractivity contribution >= 4 is 11.9 Å². The molecule has 0 aromatic rings. The van der Waals surface area contributed by atoms with E-state index < -0.39 is 136 Å². The summed E-state index contributed by atoms with van der Waals surface area (Å²) in [7, 11) is 0. The summed E-state index contributed by atoms with van der Waals surface area (Å²) >= 11 is 0. The van der Waals surface area contributed by atoms with Crippen molar-refractivity contribution in [1.82, 2.24) is 5.32 Å². The first-order valence-electron chi connectivity index (χ1n) is 25.8. The molecule has 3 heterocycles. The molecule has 12 N–H and O–H groups in total. The maximum absolute atomic E-state index is 12.7. The fraction of sp³-hybridized carbons (Fsp3) is 0.920. The maximum atomic E-state index is 12.7. The van der Waals surface area contributed by atoms with Gasteiger partial charge in [-0.15, -0.1) is 0 Å². The molecule has 70 heavy (non-hydrogen) atoms. The van der Waals surface area contributed by atoms with Gasteiger partial charge in [-0.1, -0.05) is 65.5 Å². The monoisotopic (exact) mass is 1000 g/mol. The van der Waals surface area contributed by atoms with Crippen molar-refractivity contribution < 1.29 is 94.2 Å². The first-order valence-corrected chi connectivity index (χ1v) is 25.8. The van der Waals surface area contributed by atoms with Crippen molar-refractivity contribution in [2.45, 2.75) is 222 Å². The number of amides is 1. The molecule has 24 atom stereocenters. The lowest BCUT2D eigenvalue weighted by molar-refractivity contribution is -0.370. The van der Waals surface area contributed by atoms with Crippen LogP contribution in [0.4, 0.5) is 0 Å². The van der Waals surface area contributed by atoms with Crippen LogP contribution in [0, 0.1) is 46.3 Å². The van der Waals surface area contributed by atoms with Crippen LogP contribution in [0.1, 0.15) is 119 Å². The topological polar surface area (TPSA) is 324 Å². The second-order valence-corrected chi connectivity index (χ2v) is 22.8. The van der Waals surface area contributed by atoms with Crippen LogP contribution < -0.4 is 5.32 Å². The third-order valence-electron chi connectivity index (χ3n) is 18.0. The van der Waals surface area contributed by atoms with E-state index in [9.17, 15) is 65.8 Å². The molecule has 3 saturated heterocycles. The third-order valence-corrected chi connectivity index (χ3v) is 18.0. The zero-order valence-electron chi connectivity index (χ0n) is 41.6. The first kappa shape index (κ1) is 55.8. The van der Waals surface area contributed by atoms with Crippen LogP contribution in [0.2, 0.25) is 0 Å². The summed E-state index contributed by atoms with van der Waals surface area (Å²) in [4.78, 5) is 24.6. The van der Waals surface area contributed by atoms with Crippen LogP contribution >= 0.6 is 0 Å². The van der Waals surface area contributed by atoms with E-state index in [0.717, 1.165) is 37.5 Å². The number of fused-ring (bicyclic) bond motifs is 5. The Hall–Kier alpha value is -1.96.